The van der Waals surface area contributed by atoms with Crippen molar-refractivity contribution in [3.63, 3.8) is 0 Å². The third kappa shape index (κ3) is 6.30. The fraction of sp³-hybridized carbons (Fsp3) is 0.577. The maximum atomic E-state index is 14.4. The number of halogens is 1. The highest BCUT2D eigenvalue weighted by Gasteiger charge is 2.43. The van der Waals surface area contributed by atoms with E-state index in [0.29, 0.717) is 42.1 Å². The topological polar surface area (TPSA) is 67.8 Å². The van der Waals surface area contributed by atoms with E-state index in [-0.39, 0.29) is 24.8 Å². The van der Waals surface area contributed by atoms with Crippen LogP contribution in [0.15, 0.2) is 30.6 Å². The van der Waals surface area contributed by atoms with Crippen molar-refractivity contribution in [2.45, 2.75) is 38.9 Å². The van der Waals surface area contributed by atoms with Crippen LogP contribution in [0.2, 0.25) is 0 Å². The molecule has 1 amide bonds. The van der Waals surface area contributed by atoms with Crippen LogP contribution in [-0.2, 0) is 33.9 Å². The van der Waals surface area contributed by atoms with Gasteiger partial charge in [-0.3, -0.25) is 4.79 Å². The number of anilines is 1. The predicted octanol–water partition coefficient (Wildman–Crippen LogP) is 3.46. The molecule has 2 aromatic rings. The molecule has 1 aromatic heterocycles. The summed E-state index contributed by atoms with van der Waals surface area (Å²) < 4.78 is 25.4. The van der Waals surface area contributed by atoms with Gasteiger partial charge in [0, 0.05) is 57.8 Å². The Hall–Kier alpha value is -2.58. The maximum absolute atomic E-state index is 14.4. The summed E-state index contributed by atoms with van der Waals surface area (Å²) >= 11 is 0. The Morgan fingerprint density at radius 2 is 1.88 bits per heavy atom. The van der Waals surface area contributed by atoms with Gasteiger partial charge in [0.25, 0.3) is 0 Å². The van der Waals surface area contributed by atoms with E-state index < -0.39 is 0 Å². The molecule has 1 aliphatic carbocycles. The van der Waals surface area contributed by atoms with Crippen molar-refractivity contribution in [3.05, 3.63) is 53.1 Å². The molecule has 2 heterocycles. The van der Waals surface area contributed by atoms with Gasteiger partial charge < -0.3 is 19.3 Å². The molecule has 0 spiro atoms. The number of aromatic nitrogens is 2. The first-order valence-electron chi connectivity index (χ1n) is 12.0. The largest absolute Gasteiger partial charge is 0.380 e. The number of rotatable bonds is 10. The minimum atomic E-state index is -0.304. The predicted molar refractivity (Wildman–Crippen MR) is 128 cm³/mol. The van der Waals surface area contributed by atoms with Crippen molar-refractivity contribution in [2.24, 2.45) is 17.8 Å². The van der Waals surface area contributed by atoms with E-state index >= 15 is 0 Å². The molecule has 1 saturated carbocycles. The number of methoxy groups -OCH3 is 1. The molecule has 0 N–H and O–H groups in total. The Morgan fingerprint density at radius 1 is 1.15 bits per heavy atom. The van der Waals surface area contributed by atoms with E-state index in [2.05, 4.69) is 14.9 Å². The Morgan fingerprint density at radius 3 is 2.53 bits per heavy atom. The van der Waals surface area contributed by atoms with Gasteiger partial charge in [0.2, 0.25) is 11.9 Å². The summed E-state index contributed by atoms with van der Waals surface area (Å²) in [5, 5.41) is 0. The highest BCUT2D eigenvalue weighted by Crippen LogP contribution is 2.48. The molecule has 184 valence electrons. The van der Waals surface area contributed by atoms with Crippen LogP contribution >= 0.6 is 0 Å². The molecule has 4 rings (SSSR count). The number of hydrogen-bond donors (Lipinski definition) is 0. The van der Waals surface area contributed by atoms with Gasteiger partial charge in [-0.2, -0.15) is 0 Å². The normalized spacial score (nSPS) is 20.4. The van der Waals surface area contributed by atoms with Gasteiger partial charge in [0.15, 0.2) is 0 Å². The summed E-state index contributed by atoms with van der Waals surface area (Å²) in [6.45, 7) is 3.43. The fourth-order valence-corrected chi connectivity index (χ4v) is 4.79. The Kier molecular flexibility index (Phi) is 8.11. The maximum Gasteiger partial charge on any atom is 0.226 e. The van der Waals surface area contributed by atoms with Crippen LogP contribution in [-0.4, -0.2) is 61.7 Å². The lowest BCUT2D eigenvalue weighted by Crippen LogP contribution is -2.35. The van der Waals surface area contributed by atoms with Crippen LogP contribution in [0.1, 0.15) is 36.0 Å². The van der Waals surface area contributed by atoms with Gasteiger partial charge in [-0.15, -0.1) is 0 Å². The summed E-state index contributed by atoms with van der Waals surface area (Å²) in [5.41, 5.74) is 2.21. The lowest BCUT2D eigenvalue weighted by Gasteiger charge is -2.32. The van der Waals surface area contributed by atoms with Crippen LogP contribution in [0.5, 0.6) is 0 Å². The first kappa shape index (κ1) is 24.5. The Bertz CT molecular complexity index is 961. The van der Waals surface area contributed by atoms with E-state index in [9.17, 15) is 9.18 Å². The zero-order valence-corrected chi connectivity index (χ0v) is 20.4. The van der Waals surface area contributed by atoms with Gasteiger partial charge in [-0.05, 0) is 48.6 Å². The van der Waals surface area contributed by atoms with Crippen molar-refractivity contribution in [3.8, 4) is 0 Å². The second kappa shape index (κ2) is 11.2. The van der Waals surface area contributed by atoms with Crippen LogP contribution in [0.4, 0.5) is 10.3 Å². The molecule has 2 fully saturated rings. The first-order chi connectivity index (χ1) is 16.4. The van der Waals surface area contributed by atoms with E-state index in [0.717, 1.165) is 37.4 Å². The molecule has 2 aliphatic rings. The van der Waals surface area contributed by atoms with Gasteiger partial charge >= 0.3 is 0 Å². The number of likely N-dealkylation sites (N-methyl/N-ethyl adjacent to an activating group) is 1. The van der Waals surface area contributed by atoms with E-state index in [1.807, 2.05) is 18.5 Å². The van der Waals surface area contributed by atoms with Gasteiger partial charge in [0.1, 0.15) is 5.82 Å². The van der Waals surface area contributed by atoms with Crippen LogP contribution in [0.3, 0.4) is 0 Å². The van der Waals surface area contributed by atoms with Crippen molar-refractivity contribution >= 4 is 11.9 Å². The number of carbonyl (C=O) groups is 1. The number of amides is 1. The highest BCUT2D eigenvalue weighted by molar-refractivity contribution is 5.78. The van der Waals surface area contributed by atoms with Gasteiger partial charge in [0.05, 0.1) is 26.2 Å². The molecule has 7 nitrogen and oxygen atoms in total. The molecular formula is C26H35FN4O3. The molecule has 8 heteroatoms. The summed E-state index contributed by atoms with van der Waals surface area (Å²) in [7, 11) is 5.07. The smallest absolute Gasteiger partial charge is 0.226 e. The summed E-state index contributed by atoms with van der Waals surface area (Å²) in [6, 6.07) is 4.99. The lowest BCUT2D eigenvalue weighted by atomic mass is 9.91. The SMILES string of the molecule is COCc1cnc(N2CCC([C@H]3C[C@H]3COCc3ccc(CC(=O)N(C)C)cc3F)CC2)nc1. The molecule has 0 bridgehead atoms. The molecule has 0 unspecified atom stereocenters. The van der Waals surface area contributed by atoms with Crippen molar-refractivity contribution in [2.75, 3.05) is 45.8 Å². The number of nitrogens with zero attached hydrogens (tertiary/aromatic N) is 4. The van der Waals surface area contributed by atoms with E-state index in [4.69, 9.17) is 9.47 Å². The second-order valence-corrected chi connectivity index (χ2v) is 9.71. The van der Waals surface area contributed by atoms with Crippen LogP contribution in [0.25, 0.3) is 0 Å². The molecule has 0 radical (unpaired) electrons. The van der Waals surface area contributed by atoms with Gasteiger partial charge in [-0.1, -0.05) is 12.1 Å². The number of benzene rings is 1. The first-order valence-corrected chi connectivity index (χ1v) is 12.0. The molecule has 2 atom stereocenters. The molecule has 34 heavy (non-hydrogen) atoms. The highest BCUT2D eigenvalue weighted by atomic mass is 19.1. The van der Waals surface area contributed by atoms with E-state index in [1.165, 1.54) is 17.4 Å². The zero-order valence-electron chi connectivity index (χ0n) is 20.4. The minimum Gasteiger partial charge on any atom is -0.380 e. The van der Waals surface area contributed by atoms with Crippen molar-refractivity contribution in [1.29, 1.82) is 0 Å². The Balaban J connectivity index is 1.17. The van der Waals surface area contributed by atoms with Crippen molar-refractivity contribution < 1.29 is 18.7 Å². The molecule has 1 saturated heterocycles. The monoisotopic (exact) mass is 470 g/mol. The molecule has 1 aromatic carbocycles. The van der Waals surface area contributed by atoms with Crippen LogP contribution < -0.4 is 4.90 Å². The standard InChI is InChI=1S/C26H35FN4O3/c1-30(2)25(32)11-18-4-5-21(24(27)10-18)16-34-17-22-12-23(22)20-6-8-31(9-7-20)26-28-13-19(14-29-26)15-33-3/h4-5,10,13-14,20,22-23H,6-9,11-12,15-17H2,1-3H3/t22-,23+/m0/s1. The third-order valence-corrected chi connectivity index (χ3v) is 6.97. The summed E-state index contributed by atoms with van der Waals surface area (Å²) in [4.78, 5) is 24.6. The number of carbonyl (C=O) groups excluding carboxylic acids is 1. The quantitative estimate of drug-likeness (QED) is 0.530. The third-order valence-electron chi connectivity index (χ3n) is 6.97. The Labute approximate surface area is 201 Å². The lowest BCUT2D eigenvalue weighted by molar-refractivity contribution is -0.127. The number of hydrogen-bond acceptors (Lipinski definition) is 6. The fourth-order valence-electron chi connectivity index (χ4n) is 4.79. The average molecular weight is 471 g/mol. The van der Waals surface area contributed by atoms with Crippen LogP contribution in [0, 0.1) is 23.6 Å². The summed E-state index contributed by atoms with van der Waals surface area (Å²) in [5.74, 6) is 2.44. The van der Waals surface area contributed by atoms with Gasteiger partial charge in [-0.25, -0.2) is 14.4 Å². The van der Waals surface area contributed by atoms with Crippen molar-refractivity contribution in [1.82, 2.24) is 14.9 Å². The zero-order chi connectivity index (χ0) is 24.1. The average Bonchev–Trinajstić information content (AvgIpc) is 3.61. The second-order valence-electron chi connectivity index (χ2n) is 9.71. The molecular weight excluding hydrogens is 435 g/mol. The molecule has 1 aliphatic heterocycles. The summed E-state index contributed by atoms with van der Waals surface area (Å²) in [6.07, 6.45) is 7.37. The minimum absolute atomic E-state index is 0.0403. The van der Waals surface area contributed by atoms with E-state index in [1.54, 1.807) is 27.3 Å². The number of piperidine rings is 1. The number of ether oxygens (including phenoxy) is 2.